The van der Waals surface area contributed by atoms with Gasteiger partial charge in [0.1, 0.15) is 5.78 Å². The maximum absolute atomic E-state index is 11.1. The molecule has 1 N–H and O–H groups in total. The number of rotatable bonds is 0. The molecule has 3 heteroatoms. The second-order valence-corrected chi connectivity index (χ2v) is 3.50. The second-order valence-electron chi connectivity index (χ2n) is 3.50. The summed E-state index contributed by atoms with van der Waals surface area (Å²) in [6.45, 7) is 0.791. The zero-order valence-corrected chi connectivity index (χ0v) is 6.35. The summed E-state index contributed by atoms with van der Waals surface area (Å²) in [6, 6.07) is 0. The summed E-state index contributed by atoms with van der Waals surface area (Å²) in [6.07, 6.45) is 2.76. The zero-order valence-electron chi connectivity index (χ0n) is 6.35. The van der Waals surface area contributed by atoms with Gasteiger partial charge in [0, 0.05) is 19.4 Å². The van der Waals surface area contributed by atoms with Crippen LogP contribution in [-0.2, 0) is 9.59 Å². The molecule has 0 aromatic heterocycles. The maximum Gasteiger partial charge on any atom is 0.228 e. The molecule has 0 unspecified atom stereocenters. The number of amides is 1. The molecule has 0 aromatic carbocycles. The van der Waals surface area contributed by atoms with E-state index in [2.05, 4.69) is 5.32 Å². The quantitative estimate of drug-likeness (QED) is 0.507. The van der Waals surface area contributed by atoms with Crippen LogP contribution in [0, 0.1) is 5.41 Å². The Morgan fingerprint density at radius 3 is 2.18 bits per heavy atom. The van der Waals surface area contributed by atoms with Crippen LogP contribution >= 0.6 is 0 Å². The van der Waals surface area contributed by atoms with E-state index in [1.54, 1.807) is 0 Å². The van der Waals surface area contributed by atoms with Crippen molar-refractivity contribution in [2.75, 3.05) is 6.54 Å². The molecule has 2 fully saturated rings. The van der Waals surface area contributed by atoms with Crippen LogP contribution in [-0.4, -0.2) is 18.2 Å². The summed E-state index contributed by atoms with van der Waals surface area (Å²) in [5, 5.41) is 2.73. The zero-order chi connectivity index (χ0) is 7.90. The van der Waals surface area contributed by atoms with Gasteiger partial charge in [0.2, 0.25) is 5.91 Å². The van der Waals surface area contributed by atoms with Crippen molar-refractivity contribution >= 4 is 11.7 Å². The first-order valence-electron chi connectivity index (χ1n) is 4.03. The Morgan fingerprint density at radius 1 is 1.18 bits per heavy atom. The van der Waals surface area contributed by atoms with Crippen molar-refractivity contribution < 1.29 is 9.59 Å². The lowest BCUT2D eigenvalue weighted by atomic mass is 9.69. The van der Waals surface area contributed by atoms with Crippen molar-refractivity contribution in [1.82, 2.24) is 5.32 Å². The summed E-state index contributed by atoms with van der Waals surface area (Å²) >= 11 is 0. The molecule has 1 aliphatic heterocycles. The number of ketones is 1. The summed E-state index contributed by atoms with van der Waals surface area (Å²) in [4.78, 5) is 22.0. The summed E-state index contributed by atoms with van der Waals surface area (Å²) in [7, 11) is 0. The molecule has 2 aliphatic rings. The van der Waals surface area contributed by atoms with E-state index in [0.29, 0.717) is 18.6 Å². The molecule has 2 rings (SSSR count). The minimum absolute atomic E-state index is 0.131. The van der Waals surface area contributed by atoms with Crippen molar-refractivity contribution in [2.24, 2.45) is 5.41 Å². The van der Waals surface area contributed by atoms with Crippen LogP contribution in [0.4, 0.5) is 0 Å². The van der Waals surface area contributed by atoms with Gasteiger partial charge in [0.25, 0.3) is 0 Å². The number of carbonyl (C=O) groups excluding carboxylic acids is 2. The first-order valence-corrected chi connectivity index (χ1v) is 4.03. The van der Waals surface area contributed by atoms with Crippen LogP contribution in [0.1, 0.15) is 25.7 Å². The Bertz CT molecular complexity index is 212. The molecule has 1 heterocycles. The fraction of sp³-hybridized carbons (Fsp3) is 0.750. The van der Waals surface area contributed by atoms with Gasteiger partial charge in [-0.2, -0.15) is 0 Å². The third-order valence-electron chi connectivity index (χ3n) is 2.83. The number of carbonyl (C=O) groups is 2. The Morgan fingerprint density at radius 2 is 1.82 bits per heavy atom. The molecule has 60 valence electrons. The number of hydrogen-bond donors (Lipinski definition) is 1. The van der Waals surface area contributed by atoms with E-state index in [1.165, 1.54) is 0 Å². The highest BCUT2D eigenvalue weighted by Gasteiger charge is 2.47. The van der Waals surface area contributed by atoms with Crippen LogP contribution in [0.25, 0.3) is 0 Å². The van der Waals surface area contributed by atoms with E-state index in [1.807, 2.05) is 0 Å². The Labute approximate surface area is 65.2 Å². The van der Waals surface area contributed by atoms with Gasteiger partial charge in [-0.25, -0.2) is 0 Å². The van der Waals surface area contributed by atoms with Gasteiger partial charge < -0.3 is 5.32 Å². The number of hydrogen-bond acceptors (Lipinski definition) is 2. The van der Waals surface area contributed by atoms with E-state index < -0.39 is 0 Å². The van der Waals surface area contributed by atoms with E-state index in [4.69, 9.17) is 0 Å². The number of nitrogens with one attached hydrogen (secondary N) is 1. The molecular formula is C8H11NO2. The molecular weight excluding hydrogens is 142 g/mol. The van der Waals surface area contributed by atoms with Gasteiger partial charge in [0.05, 0.1) is 5.41 Å². The van der Waals surface area contributed by atoms with Crippen LogP contribution in [0.15, 0.2) is 0 Å². The normalized spacial score (nSPS) is 28.0. The summed E-state index contributed by atoms with van der Waals surface area (Å²) in [5.74, 6) is 0.473. The minimum atomic E-state index is -0.131. The second kappa shape index (κ2) is 2.06. The average Bonchev–Trinajstić information content (AvgIpc) is 2.03. The number of Topliss-reactive ketones (excluding diaryl/α,β-unsaturated/α-hetero) is 1. The van der Waals surface area contributed by atoms with Crippen LogP contribution in [0.5, 0.6) is 0 Å². The summed E-state index contributed by atoms with van der Waals surface area (Å²) < 4.78 is 0. The molecule has 1 aliphatic carbocycles. The topological polar surface area (TPSA) is 46.2 Å². The maximum atomic E-state index is 11.1. The molecule has 11 heavy (non-hydrogen) atoms. The third kappa shape index (κ3) is 0.870. The Balaban J connectivity index is 2.06. The van der Waals surface area contributed by atoms with Crippen molar-refractivity contribution in [2.45, 2.75) is 25.7 Å². The Kier molecular flexibility index (Phi) is 1.28. The summed E-state index contributed by atoms with van der Waals surface area (Å²) in [5.41, 5.74) is -0.131. The molecule has 0 aromatic rings. The smallest absolute Gasteiger partial charge is 0.228 e. The number of β-lactam (4-membered cyclic amide) rings is 1. The lowest BCUT2D eigenvalue weighted by Crippen LogP contribution is -2.60. The van der Waals surface area contributed by atoms with Gasteiger partial charge in [-0.15, -0.1) is 0 Å². The molecule has 3 nitrogen and oxygen atoms in total. The first-order chi connectivity index (χ1) is 5.23. The molecule has 0 atom stereocenters. The largest absolute Gasteiger partial charge is 0.354 e. The van der Waals surface area contributed by atoms with Crippen LogP contribution < -0.4 is 5.32 Å². The van der Waals surface area contributed by atoms with Crippen LogP contribution in [0.3, 0.4) is 0 Å². The predicted octanol–water partition coefficient (Wildman–Crippen LogP) is 0.246. The SMILES string of the molecule is O=C1CCC2(CC1)CNC2=O. The van der Waals surface area contributed by atoms with Gasteiger partial charge in [-0.3, -0.25) is 9.59 Å². The standard InChI is InChI=1S/C8H11NO2/c10-6-1-3-8(4-2-6)5-9-7(8)11/h1-5H2,(H,9,11). The lowest BCUT2D eigenvalue weighted by Gasteiger charge is -2.42. The van der Waals surface area contributed by atoms with E-state index in [0.717, 1.165) is 19.4 Å². The molecule has 0 radical (unpaired) electrons. The van der Waals surface area contributed by atoms with Gasteiger partial charge in [-0.1, -0.05) is 0 Å². The van der Waals surface area contributed by atoms with E-state index in [-0.39, 0.29) is 11.3 Å². The first kappa shape index (κ1) is 6.83. The fourth-order valence-corrected chi connectivity index (χ4v) is 1.82. The lowest BCUT2D eigenvalue weighted by molar-refractivity contribution is -0.144. The highest BCUT2D eigenvalue weighted by atomic mass is 16.2. The van der Waals surface area contributed by atoms with Gasteiger partial charge in [0.15, 0.2) is 0 Å². The molecule has 0 bridgehead atoms. The van der Waals surface area contributed by atoms with Gasteiger partial charge in [-0.05, 0) is 12.8 Å². The van der Waals surface area contributed by atoms with E-state index in [9.17, 15) is 9.59 Å². The Hall–Kier alpha value is -0.860. The average molecular weight is 153 g/mol. The predicted molar refractivity (Wildman–Crippen MR) is 38.9 cm³/mol. The van der Waals surface area contributed by atoms with Crippen molar-refractivity contribution in [3.8, 4) is 0 Å². The van der Waals surface area contributed by atoms with Crippen molar-refractivity contribution in [3.63, 3.8) is 0 Å². The van der Waals surface area contributed by atoms with Crippen LogP contribution in [0.2, 0.25) is 0 Å². The molecule has 1 saturated carbocycles. The van der Waals surface area contributed by atoms with Crippen molar-refractivity contribution in [1.29, 1.82) is 0 Å². The third-order valence-corrected chi connectivity index (χ3v) is 2.83. The molecule has 1 amide bonds. The minimum Gasteiger partial charge on any atom is -0.354 e. The van der Waals surface area contributed by atoms with E-state index >= 15 is 0 Å². The molecule has 1 spiro atoms. The molecule has 1 saturated heterocycles. The van der Waals surface area contributed by atoms with Gasteiger partial charge >= 0.3 is 0 Å². The monoisotopic (exact) mass is 153 g/mol. The fourth-order valence-electron chi connectivity index (χ4n) is 1.82. The van der Waals surface area contributed by atoms with Crippen molar-refractivity contribution in [3.05, 3.63) is 0 Å². The highest BCUT2D eigenvalue weighted by Crippen LogP contribution is 2.38. The highest BCUT2D eigenvalue weighted by molar-refractivity contribution is 5.91.